The zero-order valence-electron chi connectivity index (χ0n) is 13.5. The molecular formula is C16H18F2N2O3S2. The first-order valence-corrected chi connectivity index (χ1v) is 10.1. The number of nitrogens with zero attached hydrogens (tertiary/aromatic N) is 1. The normalized spacial score (nSPS) is 16.2. The van der Waals surface area contributed by atoms with Crippen LogP contribution in [0.1, 0.15) is 28.8 Å². The highest BCUT2D eigenvalue weighted by atomic mass is 32.2. The van der Waals surface area contributed by atoms with Crippen molar-refractivity contribution in [3.8, 4) is 5.75 Å². The van der Waals surface area contributed by atoms with Crippen LogP contribution in [0.2, 0.25) is 0 Å². The average molecular weight is 388 g/mol. The summed E-state index contributed by atoms with van der Waals surface area (Å²) >= 11 is 1.48. The van der Waals surface area contributed by atoms with Gasteiger partial charge in [-0.15, -0.1) is 11.3 Å². The van der Waals surface area contributed by atoms with Crippen molar-refractivity contribution in [1.29, 1.82) is 0 Å². The first-order valence-electron chi connectivity index (χ1n) is 7.81. The lowest BCUT2D eigenvalue weighted by Crippen LogP contribution is -2.30. The Balaban J connectivity index is 1.74. The van der Waals surface area contributed by atoms with Gasteiger partial charge in [0, 0.05) is 11.1 Å². The summed E-state index contributed by atoms with van der Waals surface area (Å²) in [5, 5.41) is 0.764. The predicted molar refractivity (Wildman–Crippen MR) is 90.6 cm³/mol. The second kappa shape index (κ2) is 7.35. The Labute approximate surface area is 149 Å². The van der Waals surface area contributed by atoms with Gasteiger partial charge in [0.1, 0.15) is 17.4 Å². The van der Waals surface area contributed by atoms with Gasteiger partial charge in [-0.2, -0.15) is 0 Å². The van der Waals surface area contributed by atoms with E-state index < -0.39 is 23.1 Å². The molecule has 0 spiro atoms. The van der Waals surface area contributed by atoms with Crippen LogP contribution in [0.4, 0.5) is 8.78 Å². The van der Waals surface area contributed by atoms with Crippen LogP contribution in [0.5, 0.6) is 5.75 Å². The third-order valence-corrected chi connectivity index (χ3v) is 6.24. The van der Waals surface area contributed by atoms with E-state index in [1.165, 1.54) is 35.6 Å². The van der Waals surface area contributed by atoms with Gasteiger partial charge < -0.3 is 4.74 Å². The van der Waals surface area contributed by atoms with Crippen molar-refractivity contribution in [3.05, 3.63) is 40.3 Å². The number of sulfonamides is 1. The molecule has 2 aromatic rings. The summed E-state index contributed by atoms with van der Waals surface area (Å²) < 4.78 is 57.1. The van der Waals surface area contributed by atoms with Crippen LogP contribution in [0.25, 0.3) is 0 Å². The van der Waals surface area contributed by atoms with E-state index in [1.54, 1.807) is 6.20 Å². The fraction of sp³-hybridized carbons (Fsp3) is 0.438. The lowest BCUT2D eigenvalue weighted by atomic mass is 10.2. The van der Waals surface area contributed by atoms with Crippen molar-refractivity contribution in [2.75, 3.05) is 6.61 Å². The summed E-state index contributed by atoms with van der Waals surface area (Å²) in [6.45, 7) is 1.20. The predicted octanol–water partition coefficient (Wildman–Crippen LogP) is 3.53. The Morgan fingerprint density at radius 3 is 2.52 bits per heavy atom. The lowest BCUT2D eigenvalue weighted by molar-refractivity contribution is 0.0819. The Hall–Kier alpha value is -1.58. The number of thiazole rings is 1. The van der Waals surface area contributed by atoms with Gasteiger partial charge in [0.2, 0.25) is 10.0 Å². The van der Waals surface area contributed by atoms with Crippen molar-refractivity contribution in [1.82, 2.24) is 9.71 Å². The number of alkyl halides is 2. The number of benzene rings is 1. The molecule has 1 fully saturated rings. The molecule has 0 radical (unpaired) electrons. The average Bonchev–Trinajstić information content (AvgIpc) is 3.32. The van der Waals surface area contributed by atoms with Crippen LogP contribution in [0, 0.1) is 12.8 Å². The maximum atomic E-state index is 12.6. The van der Waals surface area contributed by atoms with E-state index in [4.69, 9.17) is 4.74 Å². The second-order valence-corrected chi connectivity index (χ2v) is 8.90. The summed E-state index contributed by atoms with van der Waals surface area (Å²) in [7, 11) is -3.74. The van der Waals surface area contributed by atoms with Gasteiger partial charge >= 0.3 is 0 Å². The molecule has 1 N–H and O–H groups in total. The smallest absolute Gasteiger partial charge is 0.272 e. The van der Waals surface area contributed by atoms with Gasteiger partial charge in [0.25, 0.3) is 6.43 Å². The molecule has 0 saturated heterocycles. The van der Waals surface area contributed by atoms with Crippen molar-refractivity contribution in [3.63, 3.8) is 0 Å². The minimum atomic E-state index is -3.74. The van der Waals surface area contributed by atoms with Crippen molar-refractivity contribution in [2.45, 2.75) is 37.1 Å². The van der Waals surface area contributed by atoms with Crippen molar-refractivity contribution in [2.24, 2.45) is 5.92 Å². The van der Waals surface area contributed by atoms with E-state index in [1.807, 2.05) is 6.92 Å². The van der Waals surface area contributed by atoms with Gasteiger partial charge in [-0.1, -0.05) is 0 Å². The molecule has 0 unspecified atom stereocenters. The summed E-state index contributed by atoms with van der Waals surface area (Å²) in [4.78, 5) is 5.40. The Bertz CT molecular complexity index is 818. The third kappa shape index (κ3) is 4.74. The molecule has 1 heterocycles. The Morgan fingerprint density at radius 2 is 2.00 bits per heavy atom. The van der Waals surface area contributed by atoms with Crippen LogP contribution < -0.4 is 9.46 Å². The summed E-state index contributed by atoms with van der Waals surface area (Å²) in [5.41, 5.74) is 0. The number of nitrogens with one attached hydrogen (secondary N) is 1. The molecule has 0 amide bonds. The standard InChI is InChI=1S/C16H18F2N2O3S2/c1-10-8-19-16(24-10)15(11-2-3-11)20-25(21,22)13-6-4-12(5-7-13)23-9-14(17)18/h4-8,11,14-15,20H,2-3,9H2,1H3/t15-/m0/s1. The van der Waals surface area contributed by atoms with E-state index in [9.17, 15) is 17.2 Å². The summed E-state index contributed by atoms with van der Waals surface area (Å²) in [6, 6.07) is 5.10. The topological polar surface area (TPSA) is 68.3 Å². The maximum Gasteiger partial charge on any atom is 0.272 e. The van der Waals surface area contributed by atoms with Crippen LogP contribution in [-0.2, 0) is 10.0 Å². The van der Waals surface area contributed by atoms with Gasteiger partial charge in [0.05, 0.1) is 10.9 Å². The SMILES string of the molecule is Cc1cnc([C@@H](NS(=O)(=O)c2ccc(OCC(F)F)cc2)C2CC2)s1. The van der Waals surface area contributed by atoms with Crippen LogP contribution >= 0.6 is 11.3 Å². The Kier molecular flexibility index (Phi) is 5.35. The fourth-order valence-corrected chi connectivity index (χ4v) is 4.67. The molecule has 0 aliphatic heterocycles. The van der Waals surface area contributed by atoms with E-state index in [0.29, 0.717) is 0 Å². The minimum absolute atomic E-state index is 0.0656. The third-order valence-electron chi connectivity index (χ3n) is 3.79. The lowest BCUT2D eigenvalue weighted by Gasteiger charge is -2.16. The molecule has 0 bridgehead atoms. The highest BCUT2D eigenvalue weighted by Crippen LogP contribution is 2.42. The van der Waals surface area contributed by atoms with Gasteiger partial charge in [-0.05, 0) is 49.9 Å². The number of rotatable bonds is 8. The quantitative estimate of drug-likeness (QED) is 0.751. The monoisotopic (exact) mass is 388 g/mol. The molecule has 1 aromatic heterocycles. The number of hydrogen-bond donors (Lipinski definition) is 1. The zero-order valence-corrected chi connectivity index (χ0v) is 15.1. The molecule has 9 heteroatoms. The minimum Gasteiger partial charge on any atom is -0.488 e. The molecule has 25 heavy (non-hydrogen) atoms. The van der Waals surface area contributed by atoms with E-state index in [-0.39, 0.29) is 22.6 Å². The highest BCUT2D eigenvalue weighted by Gasteiger charge is 2.37. The van der Waals surface area contributed by atoms with Crippen molar-refractivity contribution >= 4 is 21.4 Å². The molecule has 3 rings (SSSR count). The molecule has 5 nitrogen and oxygen atoms in total. The molecule has 1 aliphatic rings. The van der Waals surface area contributed by atoms with Gasteiger partial charge in [0.15, 0.2) is 0 Å². The van der Waals surface area contributed by atoms with E-state index in [2.05, 4.69) is 9.71 Å². The first-order chi connectivity index (χ1) is 11.8. The number of ether oxygens (including phenoxy) is 1. The number of aryl methyl sites for hydroxylation is 1. The molecule has 1 atom stereocenters. The maximum absolute atomic E-state index is 12.6. The van der Waals surface area contributed by atoms with Crippen LogP contribution in [0.15, 0.2) is 35.4 Å². The van der Waals surface area contributed by atoms with Crippen LogP contribution in [-0.4, -0.2) is 26.4 Å². The van der Waals surface area contributed by atoms with Gasteiger partial charge in [-0.25, -0.2) is 26.9 Å². The Morgan fingerprint density at radius 1 is 1.32 bits per heavy atom. The summed E-state index contributed by atoms with van der Waals surface area (Å²) in [6.07, 6.45) is 1.09. The second-order valence-electron chi connectivity index (χ2n) is 5.92. The number of aromatic nitrogens is 1. The number of halogens is 2. The molecule has 136 valence electrons. The van der Waals surface area contributed by atoms with E-state index in [0.717, 1.165) is 22.7 Å². The fourth-order valence-electron chi connectivity index (χ4n) is 2.40. The summed E-state index contributed by atoms with van der Waals surface area (Å²) in [5.74, 6) is 0.461. The molecule has 1 aliphatic carbocycles. The molecular weight excluding hydrogens is 370 g/mol. The highest BCUT2D eigenvalue weighted by molar-refractivity contribution is 7.89. The molecule has 1 saturated carbocycles. The first kappa shape index (κ1) is 18.2. The molecule has 1 aromatic carbocycles. The number of hydrogen-bond acceptors (Lipinski definition) is 5. The van der Waals surface area contributed by atoms with Crippen LogP contribution in [0.3, 0.4) is 0 Å². The van der Waals surface area contributed by atoms with Crippen molar-refractivity contribution < 1.29 is 21.9 Å². The van der Waals surface area contributed by atoms with Gasteiger partial charge in [-0.3, -0.25) is 0 Å². The van der Waals surface area contributed by atoms with E-state index >= 15 is 0 Å². The largest absolute Gasteiger partial charge is 0.488 e. The zero-order chi connectivity index (χ0) is 18.0.